The highest BCUT2D eigenvalue weighted by Gasteiger charge is 2.30. The molecule has 0 spiro atoms. The quantitative estimate of drug-likeness (QED) is 0.421. The molecule has 2 aromatic rings. The summed E-state index contributed by atoms with van der Waals surface area (Å²) in [5.41, 5.74) is 1.12. The van der Waals surface area contributed by atoms with Gasteiger partial charge in [-0.05, 0) is 45.2 Å². The molecule has 1 aliphatic rings. The molecule has 10 nitrogen and oxygen atoms in total. The fraction of sp³-hybridized carbons (Fsp3) is 0.500. The monoisotopic (exact) mass is 487 g/mol. The van der Waals surface area contributed by atoms with E-state index >= 15 is 0 Å². The fourth-order valence-corrected chi connectivity index (χ4v) is 4.15. The first kappa shape index (κ1) is 24.6. The van der Waals surface area contributed by atoms with E-state index in [0.29, 0.717) is 17.9 Å². The van der Waals surface area contributed by atoms with Gasteiger partial charge in [-0.2, -0.15) is 13.9 Å². The smallest absolute Gasteiger partial charge is 0.407 e. The third kappa shape index (κ3) is 7.48. The summed E-state index contributed by atoms with van der Waals surface area (Å²) in [4.78, 5) is 11.8. The van der Waals surface area contributed by atoms with Crippen LogP contribution in [0.3, 0.4) is 0 Å². The van der Waals surface area contributed by atoms with E-state index in [2.05, 4.69) is 30.3 Å². The molecule has 1 fully saturated rings. The minimum absolute atomic E-state index is 0.00114. The van der Waals surface area contributed by atoms with Crippen molar-refractivity contribution in [3.63, 3.8) is 0 Å². The number of anilines is 3. The van der Waals surface area contributed by atoms with Crippen molar-refractivity contribution in [2.24, 2.45) is 0 Å². The molecule has 4 N–H and O–H groups in total. The second-order valence-corrected chi connectivity index (χ2v) is 9.88. The van der Waals surface area contributed by atoms with Gasteiger partial charge in [0.1, 0.15) is 6.10 Å². The number of carbonyl (C=O) groups excluding carboxylic acids is 1. The van der Waals surface area contributed by atoms with Crippen LogP contribution in [0.5, 0.6) is 5.75 Å². The van der Waals surface area contributed by atoms with Gasteiger partial charge < -0.3 is 20.1 Å². The maximum atomic E-state index is 12.8. The zero-order valence-electron chi connectivity index (χ0n) is 18.4. The van der Waals surface area contributed by atoms with Gasteiger partial charge in [0, 0.05) is 35.5 Å². The number of nitrogens with zero attached hydrogens (tertiary/aromatic N) is 1. The molecule has 1 heterocycles. The fourth-order valence-electron chi connectivity index (χ4n) is 3.59. The summed E-state index contributed by atoms with van der Waals surface area (Å²) in [5, 5.41) is 12.8. The molecule has 2 atom stereocenters. The van der Waals surface area contributed by atoms with E-state index < -0.39 is 22.7 Å². The Hall–Kier alpha value is -3.09. The normalized spacial score (nSPS) is 18.4. The van der Waals surface area contributed by atoms with E-state index in [1.807, 2.05) is 13.8 Å². The van der Waals surface area contributed by atoms with E-state index in [1.54, 1.807) is 6.07 Å². The number of amides is 1. The standard InChI is InChI=1S/C20H27F2N5O5S/c1-11(2)23-20(28)31-14-6-4-12(8-14)16-10-18(26-25-16)24-13-5-7-15(27-33(3,29)30)17(9-13)32-19(21)22/h5,7,9-12,14,19,27H,4,6,8H2,1-3H3,(H,23,28)(H2,24,25,26). The maximum Gasteiger partial charge on any atom is 0.407 e. The van der Waals surface area contributed by atoms with Crippen LogP contribution in [0.15, 0.2) is 24.3 Å². The van der Waals surface area contributed by atoms with Gasteiger partial charge in [-0.3, -0.25) is 9.82 Å². The van der Waals surface area contributed by atoms with Crippen LogP contribution in [0.25, 0.3) is 0 Å². The summed E-state index contributed by atoms with van der Waals surface area (Å²) in [5.74, 6) is 0.245. The summed E-state index contributed by atoms with van der Waals surface area (Å²) < 4.78 is 60.5. The first-order valence-corrected chi connectivity index (χ1v) is 12.2. The van der Waals surface area contributed by atoms with Crippen molar-refractivity contribution in [1.82, 2.24) is 15.5 Å². The van der Waals surface area contributed by atoms with Gasteiger partial charge in [-0.15, -0.1) is 0 Å². The summed E-state index contributed by atoms with van der Waals surface area (Å²) >= 11 is 0. The number of nitrogens with one attached hydrogen (secondary N) is 4. The maximum absolute atomic E-state index is 12.8. The Balaban J connectivity index is 1.65. The second-order valence-electron chi connectivity index (χ2n) is 8.13. The predicted molar refractivity (Wildman–Crippen MR) is 119 cm³/mol. The lowest BCUT2D eigenvalue weighted by Crippen LogP contribution is -2.33. The summed E-state index contributed by atoms with van der Waals surface area (Å²) in [6.45, 7) is 0.587. The van der Waals surface area contributed by atoms with Crippen molar-refractivity contribution in [3.05, 3.63) is 30.0 Å². The third-order valence-corrected chi connectivity index (χ3v) is 5.46. The molecule has 0 bridgehead atoms. The van der Waals surface area contributed by atoms with Gasteiger partial charge in [0.05, 0.1) is 11.9 Å². The van der Waals surface area contributed by atoms with Crippen molar-refractivity contribution in [2.45, 2.75) is 57.8 Å². The van der Waals surface area contributed by atoms with Crippen LogP contribution in [0.4, 0.5) is 30.8 Å². The summed E-state index contributed by atoms with van der Waals surface area (Å²) in [6, 6.07) is 5.86. The lowest BCUT2D eigenvalue weighted by molar-refractivity contribution is -0.0492. The molecule has 1 aromatic heterocycles. The SMILES string of the molecule is CC(C)NC(=O)OC1CCC(c2cc(Nc3ccc(NS(C)(=O)=O)c(OC(F)F)c3)n[nH]2)C1. The number of aromatic nitrogens is 2. The molecule has 33 heavy (non-hydrogen) atoms. The number of sulfonamides is 1. The van der Waals surface area contributed by atoms with Crippen LogP contribution >= 0.6 is 0 Å². The van der Waals surface area contributed by atoms with Crippen molar-refractivity contribution >= 4 is 33.3 Å². The first-order valence-electron chi connectivity index (χ1n) is 10.3. The number of alkyl carbamates (subject to hydrolysis) is 1. The van der Waals surface area contributed by atoms with Crippen LogP contribution in [0, 0.1) is 0 Å². The number of ether oxygens (including phenoxy) is 2. The third-order valence-electron chi connectivity index (χ3n) is 4.87. The molecule has 13 heteroatoms. The molecule has 3 rings (SSSR count). The molecule has 1 saturated carbocycles. The number of benzene rings is 1. The number of aromatic amines is 1. The Labute approximate surface area is 190 Å². The molecule has 1 aromatic carbocycles. The van der Waals surface area contributed by atoms with Gasteiger partial charge in [0.2, 0.25) is 10.0 Å². The van der Waals surface area contributed by atoms with Gasteiger partial charge in [-0.25, -0.2) is 13.2 Å². The first-order chi connectivity index (χ1) is 15.5. The van der Waals surface area contributed by atoms with Gasteiger partial charge in [0.25, 0.3) is 0 Å². The highest BCUT2D eigenvalue weighted by atomic mass is 32.2. The van der Waals surface area contributed by atoms with Crippen LogP contribution in [-0.4, -0.2) is 49.7 Å². The number of hydrogen-bond donors (Lipinski definition) is 4. The molecular weight excluding hydrogens is 460 g/mol. The van der Waals surface area contributed by atoms with Gasteiger partial charge in [0.15, 0.2) is 11.6 Å². The molecule has 1 amide bonds. The number of H-pyrrole nitrogens is 1. The number of carbonyl (C=O) groups is 1. The van der Waals surface area contributed by atoms with Gasteiger partial charge >= 0.3 is 12.7 Å². The average molecular weight is 488 g/mol. The van der Waals surface area contributed by atoms with Crippen LogP contribution < -0.4 is 20.1 Å². The zero-order chi connectivity index (χ0) is 24.2. The Morgan fingerprint density at radius 3 is 2.67 bits per heavy atom. The minimum atomic E-state index is -3.68. The van der Waals surface area contributed by atoms with E-state index in [1.165, 1.54) is 18.2 Å². The van der Waals surface area contributed by atoms with Crippen LogP contribution in [0.1, 0.15) is 44.7 Å². The number of hydrogen-bond acceptors (Lipinski definition) is 7. The molecule has 182 valence electrons. The highest BCUT2D eigenvalue weighted by Crippen LogP contribution is 2.36. The Morgan fingerprint density at radius 1 is 1.24 bits per heavy atom. The lowest BCUT2D eigenvalue weighted by atomic mass is 10.0. The largest absolute Gasteiger partial charge is 0.446 e. The number of rotatable bonds is 9. The topological polar surface area (TPSA) is 134 Å². The molecule has 1 aliphatic carbocycles. The van der Waals surface area contributed by atoms with Crippen LogP contribution in [0.2, 0.25) is 0 Å². The van der Waals surface area contributed by atoms with Crippen molar-refractivity contribution in [3.8, 4) is 5.75 Å². The van der Waals surface area contributed by atoms with Crippen LogP contribution in [-0.2, 0) is 14.8 Å². The number of halogens is 2. The summed E-state index contributed by atoms with van der Waals surface area (Å²) in [7, 11) is -3.68. The Morgan fingerprint density at radius 2 is 2.00 bits per heavy atom. The molecule has 2 unspecified atom stereocenters. The molecular formula is C20H27F2N5O5S. The Bertz CT molecular complexity index is 1080. The highest BCUT2D eigenvalue weighted by molar-refractivity contribution is 7.92. The van der Waals surface area contributed by atoms with Crippen molar-refractivity contribution in [1.29, 1.82) is 0 Å². The Kier molecular flexibility index (Phi) is 7.61. The van der Waals surface area contributed by atoms with Gasteiger partial charge in [-0.1, -0.05) is 0 Å². The number of alkyl halides is 2. The molecule has 0 radical (unpaired) electrons. The van der Waals surface area contributed by atoms with E-state index in [4.69, 9.17) is 4.74 Å². The van der Waals surface area contributed by atoms with E-state index in [9.17, 15) is 22.0 Å². The van der Waals surface area contributed by atoms with E-state index in [0.717, 1.165) is 24.8 Å². The molecule has 0 aliphatic heterocycles. The van der Waals surface area contributed by atoms with E-state index in [-0.39, 0.29) is 29.5 Å². The lowest BCUT2D eigenvalue weighted by Gasteiger charge is -2.14. The average Bonchev–Trinajstić information content (AvgIpc) is 3.31. The minimum Gasteiger partial charge on any atom is -0.446 e. The predicted octanol–water partition coefficient (Wildman–Crippen LogP) is 3.90. The summed E-state index contributed by atoms with van der Waals surface area (Å²) in [6.07, 6.45) is 2.51. The zero-order valence-corrected chi connectivity index (χ0v) is 19.2. The van der Waals surface area contributed by atoms with Crippen molar-refractivity contribution < 1.29 is 31.5 Å². The van der Waals surface area contributed by atoms with Crippen molar-refractivity contribution in [2.75, 3.05) is 16.3 Å². The molecule has 0 saturated heterocycles. The second kappa shape index (κ2) is 10.2.